The molecule has 0 saturated heterocycles. The average molecular weight is 170 g/mol. The number of halogens is 2. The summed E-state index contributed by atoms with van der Waals surface area (Å²) in [6, 6.07) is 4.52. The van der Waals surface area contributed by atoms with Crippen LogP contribution in [0.15, 0.2) is 24.3 Å². The molecule has 1 aromatic rings. The predicted molar refractivity (Wildman–Crippen MR) is 45.8 cm³/mol. The van der Waals surface area contributed by atoms with Gasteiger partial charge in [-0.25, -0.2) is 4.39 Å². The van der Waals surface area contributed by atoms with Crippen molar-refractivity contribution in [2.24, 2.45) is 0 Å². The van der Waals surface area contributed by atoms with E-state index in [-0.39, 0.29) is 5.82 Å². The lowest BCUT2D eigenvalue weighted by Gasteiger charge is -1.95. The number of allylic oxidation sites excluding steroid dienone is 1. The molecule has 0 aromatic heterocycles. The van der Waals surface area contributed by atoms with Crippen LogP contribution in [0, 0.1) is 12.7 Å². The standard InChI is InChI=1S/C9H7ClF/c1-2-3-7-4-5-8(10)6-9(7)11/h2-6H,1H2/b3-2+. The van der Waals surface area contributed by atoms with E-state index < -0.39 is 0 Å². The fraction of sp³-hybridized carbons (Fsp3) is 0. The molecule has 0 amide bonds. The largest absolute Gasteiger partial charge is 0.206 e. The topological polar surface area (TPSA) is 0 Å². The molecule has 0 aliphatic heterocycles. The van der Waals surface area contributed by atoms with Crippen LogP contribution in [-0.4, -0.2) is 0 Å². The van der Waals surface area contributed by atoms with Crippen molar-refractivity contribution in [3.8, 4) is 0 Å². The minimum atomic E-state index is -0.322. The van der Waals surface area contributed by atoms with Gasteiger partial charge in [-0.05, 0) is 19.1 Å². The lowest BCUT2D eigenvalue weighted by Crippen LogP contribution is -1.79. The third-order valence-corrected chi connectivity index (χ3v) is 1.50. The minimum Gasteiger partial charge on any atom is -0.206 e. The second kappa shape index (κ2) is 3.54. The Morgan fingerprint density at radius 3 is 2.73 bits per heavy atom. The first-order valence-electron chi connectivity index (χ1n) is 3.15. The van der Waals surface area contributed by atoms with Gasteiger partial charge in [0.25, 0.3) is 0 Å². The molecule has 0 atom stereocenters. The zero-order valence-corrected chi connectivity index (χ0v) is 6.61. The lowest BCUT2D eigenvalue weighted by atomic mass is 10.2. The fourth-order valence-corrected chi connectivity index (χ4v) is 0.922. The van der Waals surface area contributed by atoms with Gasteiger partial charge in [0.2, 0.25) is 0 Å². The van der Waals surface area contributed by atoms with E-state index in [0.717, 1.165) is 0 Å². The van der Waals surface area contributed by atoms with Crippen molar-refractivity contribution >= 4 is 17.7 Å². The van der Waals surface area contributed by atoms with Crippen LogP contribution in [0.2, 0.25) is 5.02 Å². The number of benzene rings is 1. The molecular weight excluding hydrogens is 163 g/mol. The van der Waals surface area contributed by atoms with Gasteiger partial charge in [0.1, 0.15) is 5.82 Å². The summed E-state index contributed by atoms with van der Waals surface area (Å²) in [6.45, 7) is 3.46. The summed E-state index contributed by atoms with van der Waals surface area (Å²) in [7, 11) is 0. The van der Waals surface area contributed by atoms with Gasteiger partial charge in [-0.3, -0.25) is 0 Å². The van der Waals surface area contributed by atoms with E-state index in [0.29, 0.717) is 10.6 Å². The Hall–Kier alpha value is -0.820. The second-order valence-corrected chi connectivity index (χ2v) is 2.50. The summed E-state index contributed by atoms with van der Waals surface area (Å²) in [4.78, 5) is 0. The maximum absolute atomic E-state index is 12.9. The minimum absolute atomic E-state index is 0.322. The maximum atomic E-state index is 12.9. The van der Waals surface area contributed by atoms with Crippen LogP contribution in [0.4, 0.5) is 4.39 Å². The van der Waals surface area contributed by atoms with Gasteiger partial charge in [0.15, 0.2) is 0 Å². The Kier molecular flexibility index (Phi) is 2.66. The highest BCUT2D eigenvalue weighted by Crippen LogP contribution is 2.15. The van der Waals surface area contributed by atoms with Crippen LogP contribution in [-0.2, 0) is 0 Å². The molecule has 1 rings (SSSR count). The highest BCUT2D eigenvalue weighted by molar-refractivity contribution is 6.30. The number of rotatable bonds is 1. The van der Waals surface area contributed by atoms with Crippen molar-refractivity contribution in [1.29, 1.82) is 0 Å². The highest BCUT2D eigenvalue weighted by Gasteiger charge is 1.97. The van der Waals surface area contributed by atoms with E-state index in [1.54, 1.807) is 18.2 Å². The fourth-order valence-electron chi connectivity index (χ4n) is 0.764. The van der Waals surface area contributed by atoms with Crippen molar-refractivity contribution in [2.45, 2.75) is 0 Å². The second-order valence-electron chi connectivity index (χ2n) is 2.07. The summed E-state index contributed by atoms with van der Waals surface area (Å²) in [6.07, 6.45) is 3.12. The molecule has 0 aliphatic carbocycles. The lowest BCUT2D eigenvalue weighted by molar-refractivity contribution is 0.625. The summed E-state index contributed by atoms with van der Waals surface area (Å²) in [5.41, 5.74) is 0.504. The van der Waals surface area contributed by atoms with Gasteiger partial charge >= 0.3 is 0 Å². The molecule has 11 heavy (non-hydrogen) atoms. The summed E-state index contributed by atoms with van der Waals surface area (Å²) >= 11 is 5.54. The molecule has 0 N–H and O–H groups in total. The van der Waals surface area contributed by atoms with Crippen molar-refractivity contribution in [3.05, 3.63) is 47.6 Å². The zero-order valence-electron chi connectivity index (χ0n) is 5.85. The normalized spacial score (nSPS) is 10.8. The quantitative estimate of drug-likeness (QED) is 0.605. The molecule has 0 saturated carbocycles. The van der Waals surface area contributed by atoms with E-state index in [4.69, 9.17) is 11.6 Å². The van der Waals surface area contributed by atoms with Crippen LogP contribution in [0.25, 0.3) is 6.08 Å². The van der Waals surface area contributed by atoms with Crippen molar-refractivity contribution in [3.63, 3.8) is 0 Å². The van der Waals surface area contributed by atoms with Gasteiger partial charge in [0, 0.05) is 10.6 Å². The van der Waals surface area contributed by atoms with Crippen LogP contribution < -0.4 is 0 Å². The first-order chi connectivity index (χ1) is 5.24. The third-order valence-electron chi connectivity index (χ3n) is 1.26. The summed E-state index contributed by atoms with van der Waals surface area (Å²) in [5, 5.41) is 0.406. The van der Waals surface area contributed by atoms with Gasteiger partial charge in [-0.1, -0.05) is 29.8 Å². The molecule has 0 heterocycles. The summed E-state index contributed by atoms with van der Waals surface area (Å²) < 4.78 is 12.9. The maximum Gasteiger partial charge on any atom is 0.131 e. The monoisotopic (exact) mass is 169 g/mol. The van der Waals surface area contributed by atoms with Crippen molar-refractivity contribution in [1.82, 2.24) is 0 Å². The summed E-state index contributed by atoms with van der Waals surface area (Å²) in [5.74, 6) is -0.322. The number of hydrogen-bond acceptors (Lipinski definition) is 0. The van der Waals surface area contributed by atoms with E-state index in [9.17, 15) is 4.39 Å². The van der Waals surface area contributed by atoms with E-state index >= 15 is 0 Å². The van der Waals surface area contributed by atoms with Crippen molar-refractivity contribution in [2.75, 3.05) is 0 Å². The average Bonchev–Trinajstić information content (AvgIpc) is 1.95. The van der Waals surface area contributed by atoms with E-state index in [1.807, 2.05) is 0 Å². The molecule has 0 spiro atoms. The molecule has 0 aliphatic rings. The van der Waals surface area contributed by atoms with Gasteiger partial charge in [-0.15, -0.1) is 0 Å². The Bertz CT molecular complexity index is 279. The van der Waals surface area contributed by atoms with Gasteiger partial charge in [0.05, 0.1) is 0 Å². The Balaban J connectivity index is 3.09. The Morgan fingerprint density at radius 2 is 2.18 bits per heavy atom. The third kappa shape index (κ3) is 2.05. The predicted octanol–water partition coefficient (Wildman–Crippen LogP) is 3.33. The molecule has 1 radical (unpaired) electrons. The molecule has 57 valence electrons. The van der Waals surface area contributed by atoms with Crippen LogP contribution in [0.1, 0.15) is 5.56 Å². The van der Waals surface area contributed by atoms with Crippen molar-refractivity contribution < 1.29 is 4.39 Å². The first kappa shape index (κ1) is 8.28. The van der Waals surface area contributed by atoms with Crippen LogP contribution in [0.3, 0.4) is 0 Å². The molecule has 0 unspecified atom stereocenters. The smallest absolute Gasteiger partial charge is 0.131 e. The molecule has 1 aromatic carbocycles. The molecular formula is C9H7ClF. The zero-order chi connectivity index (χ0) is 8.27. The molecule has 0 bridgehead atoms. The number of hydrogen-bond donors (Lipinski definition) is 0. The van der Waals surface area contributed by atoms with Gasteiger partial charge < -0.3 is 0 Å². The first-order valence-corrected chi connectivity index (χ1v) is 3.52. The van der Waals surface area contributed by atoms with E-state index in [1.165, 1.54) is 12.1 Å². The Labute approximate surface area is 70.3 Å². The van der Waals surface area contributed by atoms with Crippen LogP contribution in [0.5, 0.6) is 0 Å². The molecule has 0 fully saturated rings. The molecule has 2 heteroatoms. The van der Waals surface area contributed by atoms with Gasteiger partial charge in [-0.2, -0.15) is 0 Å². The van der Waals surface area contributed by atoms with Crippen LogP contribution >= 0.6 is 11.6 Å². The Morgan fingerprint density at radius 1 is 1.45 bits per heavy atom. The SMILES string of the molecule is [CH2]/C=C/c1ccc(Cl)cc1F. The highest BCUT2D eigenvalue weighted by atomic mass is 35.5. The molecule has 0 nitrogen and oxygen atoms in total. The van der Waals surface area contributed by atoms with E-state index in [2.05, 4.69) is 6.92 Å².